The van der Waals surface area contributed by atoms with Gasteiger partial charge in [-0.1, -0.05) is 20.8 Å². The molecule has 0 N–H and O–H groups in total. The zero-order chi connectivity index (χ0) is 13.2. The quantitative estimate of drug-likeness (QED) is 0.779. The molecule has 0 amide bonds. The van der Waals surface area contributed by atoms with Crippen molar-refractivity contribution in [3.8, 4) is 0 Å². The molecule has 2 aromatic rings. The van der Waals surface area contributed by atoms with Crippen LogP contribution in [0, 0.1) is 23.2 Å². The molecule has 0 radical (unpaired) electrons. The molecule has 100 valence electrons. The highest BCUT2D eigenvalue weighted by Crippen LogP contribution is 2.60. The maximum Gasteiger partial charge on any atom is 0.0551 e. The van der Waals surface area contributed by atoms with Gasteiger partial charge in [0.15, 0.2) is 0 Å². The van der Waals surface area contributed by atoms with Crippen molar-refractivity contribution in [3.05, 3.63) is 24.4 Å². The van der Waals surface area contributed by atoms with E-state index < -0.39 is 0 Å². The van der Waals surface area contributed by atoms with Gasteiger partial charge in [0.1, 0.15) is 0 Å². The summed E-state index contributed by atoms with van der Waals surface area (Å²) in [6.07, 6.45) is 1.98. The zero-order valence-corrected chi connectivity index (χ0v) is 12.6. The molecule has 0 spiro atoms. The van der Waals surface area contributed by atoms with Gasteiger partial charge in [-0.3, -0.25) is 0 Å². The monoisotopic (exact) mass is 272 g/mol. The summed E-state index contributed by atoms with van der Waals surface area (Å²) in [5, 5.41) is 1.29. The summed E-state index contributed by atoms with van der Waals surface area (Å²) in [6.45, 7) is 9.67. The highest BCUT2D eigenvalue weighted by molar-refractivity contribution is 7.13. The van der Waals surface area contributed by atoms with Crippen LogP contribution in [0.15, 0.2) is 24.4 Å². The van der Waals surface area contributed by atoms with Gasteiger partial charge in [0, 0.05) is 30.4 Å². The van der Waals surface area contributed by atoms with Crippen LogP contribution in [0.2, 0.25) is 0 Å². The number of piperidine rings is 1. The number of aromatic nitrogens is 1. The minimum Gasteiger partial charge on any atom is -0.371 e. The van der Waals surface area contributed by atoms with Crippen molar-refractivity contribution in [1.82, 2.24) is 4.37 Å². The van der Waals surface area contributed by atoms with Gasteiger partial charge in [0.2, 0.25) is 0 Å². The molecular weight excluding hydrogens is 252 g/mol. The van der Waals surface area contributed by atoms with Gasteiger partial charge in [-0.2, -0.15) is 4.37 Å². The third-order valence-corrected chi connectivity index (χ3v) is 5.67. The first kappa shape index (κ1) is 11.7. The molecular formula is C16H20N2S. The number of hydrogen-bond acceptors (Lipinski definition) is 3. The number of benzene rings is 1. The predicted molar refractivity (Wildman–Crippen MR) is 81.8 cm³/mol. The molecule has 1 aliphatic heterocycles. The Bertz CT molecular complexity index is 613. The van der Waals surface area contributed by atoms with Crippen molar-refractivity contribution >= 4 is 27.3 Å². The van der Waals surface area contributed by atoms with Crippen LogP contribution in [0.5, 0.6) is 0 Å². The molecule has 2 unspecified atom stereocenters. The zero-order valence-electron chi connectivity index (χ0n) is 11.8. The molecule has 2 atom stereocenters. The first-order chi connectivity index (χ1) is 9.04. The Kier molecular flexibility index (Phi) is 2.29. The topological polar surface area (TPSA) is 16.1 Å². The second kappa shape index (κ2) is 3.72. The fourth-order valence-corrected chi connectivity index (χ4v) is 4.70. The molecule has 19 heavy (non-hydrogen) atoms. The van der Waals surface area contributed by atoms with Crippen LogP contribution in [0.25, 0.3) is 10.1 Å². The first-order valence-electron chi connectivity index (χ1n) is 7.13. The van der Waals surface area contributed by atoms with E-state index in [9.17, 15) is 0 Å². The van der Waals surface area contributed by atoms with Crippen LogP contribution >= 0.6 is 11.5 Å². The Labute approximate surface area is 118 Å². The Morgan fingerprint density at radius 3 is 2.63 bits per heavy atom. The van der Waals surface area contributed by atoms with E-state index >= 15 is 0 Å². The molecule has 1 saturated carbocycles. The van der Waals surface area contributed by atoms with Gasteiger partial charge in [0.25, 0.3) is 0 Å². The second-order valence-electron chi connectivity index (χ2n) is 7.17. The van der Waals surface area contributed by atoms with Gasteiger partial charge in [0.05, 0.1) is 4.70 Å². The van der Waals surface area contributed by atoms with Crippen molar-refractivity contribution in [3.63, 3.8) is 0 Å². The van der Waals surface area contributed by atoms with E-state index in [-0.39, 0.29) is 0 Å². The number of rotatable bonds is 1. The lowest BCUT2D eigenvalue weighted by Gasteiger charge is -2.27. The molecule has 2 nitrogen and oxygen atoms in total. The summed E-state index contributed by atoms with van der Waals surface area (Å²) in [5.41, 5.74) is 1.87. The summed E-state index contributed by atoms with van der Waals surface area (Å²) in [6, 6.07) is 6.78. The molecule has 1 saturated heterocycles. The van der Waals surface area contributed by atoms with E-state index in [1.165, 1.54) is 28.9 Å². The summed E-state index contributed by atoms with van der Waals surface area (Å²) in [4.78, 5) is 2.56. The maximum absolute atomic E-state index is 4.26. The maximum atomic E-state index is 4.26. The summed E-state index contributed by atoms with van der Waals surface area (Å²) >= 11 is 1.58. The smallest absolute Gasteiger partial charge is 0.0551 e. The lowest BCUT2D eigenvalue weighted by atomic mass is 9.87. The highest BCUT2D eigenvalue weighted by atomic mass is 32.1. The molecule has 1 aromatic heterocycles. The summed E-state index contributed by atoms with van der Waals surface area (Å²) < 4.78 is 5.55. The molecule has 2 heterocycles. The molecule has 2 aliphatic rings. The van der Waals surface area contributed by atoms with Crippen LogP contribution in [0.1, 0.15) is 20.8 Å². The Morgan fingerprint density at radius 2 is 1.95 bits per heavy atom. The Balaban J connectivity index is 1.54. The van der Waals surface area contributed by atoms with E-state index in [4.69, 9.17) is 0 Å². The SMILES string of the molecule is CC(C)(C)C1C2CN(c3ccc4sncc4c3)CC21. The number of anilines is 1. The van der Waals surface area contributed by atoms with Crippen LogP contribution < -0.4 is 4.90 Å². The Morgan fingerprint density at radius 1 is 1.21 bits per heavy atom. The fraction of sp³-hybridized carbons (Fsp3) is 0.562. The molecule has 3 heteroatoms. The molecule has 2 fully saturated rings. The summed E-state index contributed by atoms with van der Waals surface area (Å²) in [5.74, 6) is 2.79. The molecule has 0 bridgehead atoms. The Hall–Kier alpha value is -1.09. The van der Waals surface area contributed by atoms with Gasteiger partial charge in [-0.25, -0.2) is 0 Å². The third-order valence-electron chi connectivity index (χ3n) is 4.90. The van der Waals surface area contributed by atoms with Crippen molar-refractivity contribution in [2.75, 3.05) is 18.0 Å². The summed E-state index contributed by atoms with van der Waals surface area (Å²) in [7, 11) is 0. The van der Waals surface area contributed by atoms with Gasteiger partial charge in [-0.05, 0) is 52.9 Å². The average molecular weight is 272 g/mol. The van der Waals surface area contributed by atoms with E-state index in [0.29, 0.717) is 5.41 Å². The van der Waals surface area contributed by atoms with E-state index in [0.717, 1.165) is 17.8 Å². The van der Waals surface area contributed by atoms with Gasteiger partial charge in [-0.15, -0.1) is 0 Å². The standard InChI is InChI=1S/C16H20N2S/c1-16(2,3)15-12-8-18(9-13(12)15)11-4-5-14-10(6-11)7-17-19-14/h4-7,12-13,15H,8-9H2,1-3H3. The van der Waals surface area contributed by atoms with Gasteiger partial charge < -0.3 is 4.90 Å². The van der Waals surface area contributed by atoms with Crippen molar-refractivity contribution < 1.29 is 0 Å². The average Bonchev–Trinajstić information content (AvgIpc) is 2.77. The second-order valence-corrected chi connectivity index (χ2v) is 8.01. The van der Waals surface area contributed by atoms with Crippen LogP contribution in [-0.2, 0) is 0 Å². The first-order valence-corrected chi connectivity index (χ1v) is 7.91. The van der Waals surface area contributed by atoms with Crippen LogP contribution in [0.3, 0.4) is 0 Å². The predicted octanol–water partition coefficient (Wildman–Crippen LogP) is 4.02. The van der Waals surface area contributed by atoms with E-state index in [1.54, 1.807) is 11.5 Å². The molecule has 1 aliphatic carbocycles. The van der Waals surface area contributed by atoms with Crippen molar-refractivity contribution in [2.24, 2.45) is 23.2 Å². The van der Waals surface area contributed by atoms with Crippen molar-refractivity contribution in [1.29, 1.82) is 0 Å². The highest BCUT2D eigenvalue weighted by Gasteiger charge is 2.59. The number of hydrogen-bond donors (Lipinski definition) is 0. The van der Waals surface area contributed by atoms with Gasteiger partial charge >= 0.3 is 0 Å². The lowest BCUT2D eigenvalue weighted by molar-refractivity contribution is 0.309. The van der Waals surface area contributed by atoms with E-state index in [2.05, 4.69) is 48.2 Å². The minimum atomic E-state index is 0.489. The molecule has 4 rings (SSSR count). The number of nitrogens with zero attached hydrogens (tertiary/aromatic N) is 2. The normalized spacial score (nSPS) is 29.8. The fourth-order valence-electron chi connectivity index (χ4n) is 4.08. The number of fused-ring (bicyclic) bond motifs is 2. The molecule has 1 aromatic carbocycles. The van der Waals surface area contributed by atoms with Crippen LogP contribution in [-0.4, -0.2) is 17.5 Å². The van der Waals surface area contributed by atoms with E-state index in [1.807, 2.05) is 6.20 Å². The minimum absolute atomic E-state index is 0.489. The lowest BCUT2D eigenvalue weighted by Crippen LogP contribution is -2.27. The van der Waals surface area contributed by atoms with Crippen LogP contribution in [0.4, 0.5) is 5.69 Å². The third kappa shape index (κ3) is 1.78. The van der Waals surface area contributed by atoms with Crippen molar-refractivity contribution in [2.45, 2.75) is 20.8 Å². The largest absolute Gasteiger partial charge is 0.371 e.